The molecular formula is C18H22F3N3O2. The molecule has 1 atom stereocenters. The number of carbonyl (C=O) groups excluding carboxylic acids is 1. The van der Waals surface area contributed by atoms with Crippen molar-refractivity contribution in [2.75, 3.05) is 32.7 Å². The Hall–Kier alpha value is -2.22. The number of carbonyl (C=O) groups is 1. The van der Waals surface area contributed by atoms with Gasteiger partial charge in [0, 0.05) is 31.6 Å². The number of nitrogens with one attached hydrogen (secondary N) is 1. The molecule has 26 heavy (non-hydrogen) atoms. The number of urea groups is 1. The second-order valence-corrected chi connectivity index (χ2v) is 6.59. The highest BCUT2D eigenvalue weighted by molar-refractivity contribution is 5.78. The Kier molecular flexibility index (Phi) is 5.41. The summed E-state index contributed by atoms with van der Waals surface area (Å²) in [6.07, 6.45) is -3.70. The summed E-state index contributed by atoms with van der Waals surface area (Å²) in [5, 5.41) is 3.83. The Morgan fingerprint density at radius 1 is 1.23 bits per heavy atom. The molecule has 1 unspecified atom stereocenters. The highest BCUT2D eigenvalue weighted by atomic mass is 19.4. The molecule has 1 aliphatic heterocycles. The van der Waals surface area contributed by atoms with Crippen LogP contribution in [0.2, 0.25) is 0 Å². The maximum absolute atomic E-state index is 12.5. The minimum atomic E-state index is -4.22. The van der Waals surface area contributed by atoms with E-state index in [2.05, 4.69) is 5.32 Å². The van der Waals surface area contributed by atoms with Crippen molar-refractivity contribution in [1.29, 1.82) is 0 Å². The molecule has 1 saturated heterocycles. The monoisotopic (exact) mass is 369 g/mol. The van der Waals surface area contributed by atoms with E-state index in [4.69, 9.17) is 4.42 Å². The Bertz CT molecular complexity index is 726. The van der Waals surface area contributed by atoms with Crippen molar-refractivity contribution in [2.45, 2.75) is 25.6 Å². The topological polar surface area (TPSA) is 48.7 Å². The molecule has 1 aromatic carbocycles. The molecule has 3 rings (SSSR count). The largest absolute Gasteiger partial charge is 0.459 e. The summed E-state index contributed by atoms with van der Waals surface area (Å²) < 4.78 is 43.3. The number of amides is 2. The van der Waals surface area contributed by atoms with Gasteiger partial charge in [0.1, 0.15) is 11.3 Å². The molecule has 0 bridgehead atoms. The zero-order valence-electron chi connectivity index (χ0n) is 14.6. The van der Waals surface area contributed by atoms with Crippen LogP contribution in [-0.4, -0.2) is 54.7 Å². The quantitative estimate of drug-likeness (QED) is 0.896. The van der Waals surface area contributed by atoms with Crippen LogP contribution in [0.25, 0.3) is 11.0 Å². The molecule has 1 fully saturated rings. The van der Waals surface area contributed by atoms with Gasteiger partial charge >= 0.3 is 12.2 Å². The first-order valence-corrected chi connectivity index (χ1v) is 8.65. The van der Waals surface area contributed by atoms with Gasteiger partial charge in [0.05, 0.1) is 12.6 Å². The smallest absolute Gasteiger partial charge is 0.401 e. The van der Waals surface area contributed by atoms with Crippen molar-refractivity contribution >= 4 is 17.0 Å². The van der Waals surface area contributed by atoms with E-state index in [1.54, 1.807) is 4.90 Å². The molecule has 142 valence electrons. The lowest BCUT2D eigenvalue weighted by Gasteiger charge is -2.24. The van der Waals surface area contributed by atoms with Gasteiger partial charge in [-0.05, 0) is 25.5 Å². The molecule has 1 aliphatic rings. The van der Waals surface area contributed by atoms with E-state index in [-0.39, 0.29) is 25.2 Å². The van der Waals surface area contributed by atoms with E-state index >= 15 is 0 Å². The third-order valence-corrected chi connectivity index (χ3v) is 4.49. The van der Waals surface area contributed by atoms with E-state index in [0.29, 0.717) is 25.3 Å². The molecule has 1 N–H and O–H groups in total. The van der Waals surface area contributed by atoms with Gasteiger partial charge < -0.3 is 14.6 Å². The number of halogens is 3. The minimum absolute atomic E-state index is 0.214. The van der Waals surface area contributed by atoms with E-state index in [9.17, 15) is 18.0 Å². The van der Waals surface area contributed by atoms with Gasteiger partial charge in [-0.25, -0.2) is 4.79 Å². The second kappa shape index (κ2) is 7.57. The van der Waals surface area contributed by atoms with Crippen LogP contribution < -0.4 is 5.32 Å². The summed E-state index contributed by atoms with van der Waals surface area (Å²) in [4.78, 5) is 15.4. The Morgan fingerprint density at radius 3 is 2.73 bits per heavy atom. The highest BCUT2D eigenvalue weighted by Crippen LogP contribution is 2.24. The number of benzene rings is 1. The molecule has 5 nitrogen and oxygen atoms in total. The maximum Gasteiger partial charge on any atom is 0.401 e. The van der Waals surface area contributed by atoms with E-state index in [0.717, 1.165) is 11.0 Å². The zero-order valence-corrected chi connectivity index (χ0v) is 14.6. The fourth-order valence-electron chi connectivity index (χ4n) is 3.15. The Balaban J connectivity index is 1.57. The van der Waals surface area contributed by atoms with Crippen LogP contribution >= 0.6 is 0 Å². The first-order valence-electron chi connectivity index (χ1n) is 8.65. The Labute approximate surface area is 149 Å². The van der Waals surface area contributed by atoms with Crippen molar-refractivity contribution in [3.8, 4) is 0 Å². The maximum atomic E-state index is 12.5. The fraction of sp³-hybridized carbons (Fsp3) is 0.500. The number of fused-ring (bicyclic) bond motifs is 1. The van der Waals surface area contributed by atoms with Gasteiger partial charge in [-0.15, -0.1) is 0 Å². The summed E-state index contributed by atoms with van der Waals surface area (Å²) in [7, 11) is 0. The third-order valence-electron chi connectivity index (χ3n) is 4.49. The SMILES string of the molecule is CC(NC(=O)N1CCCN(CC(F)(F)F)CC1)c1cc2ccccc2o1. The molecule has 1 aromatic heterocycles. The van der Waals surface area contributed by atoms with Crippen LogP contribution in [-0.2, 0) is 0 Å². The van der Waals surface area contributed by atoms with Crippen LogP contribution in [0.15, 0.2) is 34.7 Å². The van der Waals surface area contributed by atoms with E-state index in [1.807, 2.05) is 37.3 Å². The summed E-state index contributed by atoms with van der Waals surface area (Å²) >= 11 is 0. The molecule has 0 spiro atoms. The second-order valence-electron chi connectivity index (χ2n) is 6.59. The number of furan rings is 1. The lowest BCUT2D eigenvalue weighted by Crippen LogP contribution is -2.43. The number of alkyl halides is 3. The average molecular weight is 369 g/mol. The van der Waals surface area contributed by atoms with E-state index in [1.165, 1.54) is 4.90 Å². The first kappa shape index (κ1) is 18.6. The number of hydrogen-bond acceptors (Lipinski definition) is 3. The molecule has 2 heterocycles. The van der Waals surface area contributed by atoms with Gasteiger partial charge in [-0.3, -0.25) is 4.90 Å². The molecular weight excluding hydrogens is 347 g/mol. The number of nitrogens with zero attached hydrogens (tertiary/aromatic N) is 2. The van der Waals surface area contributed by atoms with Gasteiger partial charge in [0.15, 0.2) is 0 Å². The molecule has 0 saturated carbocycles. The average Bonchev–Trinajstić information content (AvgIpc) is 2.87. The van der Waals surface area contributed by atoms with Crippen molar-refractivity contribution in [3.05, 3.63) is 36.1 Å². The predicted octanol–water partition coefficient (Wildman–Crippen LogP) is 3.77. The van der Waals surface area contributed by atoms with Gasteiger partial charge in [-0.2, -0.15) is 13.2 Å². The van der Waals surface area contributed by atoms with Crippen molar-refractivity contribution in [1.82, 2.24) is 15.1 Å². The number of hydrogen-bond donors (Lipinski definition) is 1. The normalized spacial score (nSPS) is 17.9. The standard InChI is InChI=1S/C18H22F3N3O2/c1-13(16-11-14-5-2-3-6-15(14)26-16)22-17(25)24-8-4-7-23(9-10-24)12-18(19,20)21/h2-3,5-6,11,13H,4,7-10,12H2,1H3,(H,22,25). The van der Waals surface area contributed by atoms with Crippen LogP contribution in [0.3, 0.4) is 0 Å². The summed E-state index contributed by atoms with van der Waals surface area (Å²) in [5.41, 5.74) is 0.751. The van der Waals surface area contributed by atoms with Crippen LogP contribution in [0, 0.1) is 0 Å². The van der Waals surface area contributed by atoms with Crippen molar-refractivity contribution in [2.24, 2.45) is 0 Å². The third kappa shape index (κ3) is 4.69. The van der Waals surface area contributed by atoms with Gasteiger partial charge in [0.2, 0.25) is 0 Å². The lowest BCUT2D eigenvalue weighted by molar-refractivity contribution is -0.145. The van der Waals surface area contributed by atoms with Gasteiger partial charge in [0.25, 0.3) is 0 Å². The summed E-state index contributed by atoms with van der Waals surface area (Å²) in [6.45, 7) is 2.15. The molecule has 8 heteroatoms. The van der Waals surface area contributed by atoms with E-state index < -0.39 is 12.7 Å². The van der Waals surface area contributed by atoms with Crippen molar-refractivity contribution < 1.29 is 22.4 Å². The molecule has 2 aromatic rings. The summed E-state index contributed by atoms with van der Waals surface area (Å²) in [6, 6.07) is 8.85. The van der Waals surface area contributed by atoms with Crippen LogP contribution in [0.5, 0.6) is 0 Å². The van der Waals surface area contributed by atoms with Crippen LogP contribution in [0.4, 0.5) is 18.0 Å². The predicted molar refractivity (Wildman–Crippen MR) is 91.8 cm³/mol. The molecule has 0 aliphatic carbocycles. The van der Waals surface area contributed by atoms with Crippen LogP contribution in [0.1, 0.15) is 25.1 Å². The molecule has 2 amide bonds. The highest BCUT2D eigenvalue weighted by Gasteiger charge is 2.32. The van der Waals surface area contributed by atoms with Gasteiger partial charge in [-0.1, -0.05) is 18.2 Å². The summed E-state index contributed by atoms with van der Waals surface area (Å²) in [5.74, 6) is 0.646. The Morgan fingerprint density at radius 2 is 2.00 bits per heavy atom. The minimum Gasteiger partial charge on any atom is -0.459 e. The number of para-hydroxylation sites is 1. The number of rotatable bonds is 3. The molecule has 0 radical (unpaired) electrons. The zero-order chi connectivity index (χ0) is 18.7. The fourth-order valence-corrected chi connectivity index (χ4v) is 3.15. The van der Waals surface area contributed by atoms with Crippen molar-refractivity contribution in [3.63, 3.8) is 0 Å². The lowest BCUT2D eigenvalue weighted by atomic mass is 10.2. The first-order chi connectivity index (χ1) is 12.3.